The average Bonchev–Trinajstić information content (AvgIpc) is 2.93. The van der Waals surface area contributed by atoms with E-state index < -0.39 is 5.97 Å². The number of nitrogens with two attached hydrogens (primary N) is 1. The summed E-state index contributed by atoms with van der Waals surface area (Å²) in [5.41, 5.74) is 6.10. The number of carbonyl (C=O) groups is 1. The van der Waals surface area contributed by atoms with Crippen LogP contribution in [0.15, 0.2) is 6.07 Å². The zero-order valence-electron chi connectivity index (χ0n) is 23.2. The number of nitrogen functional groups attached to an aromatic ring is 1. The minimum Gasteiger partial charge on any atom is -0.481 e. The first-order valence-electron chi connectivity index (χ1n) is 15.1. The van der Waals surface area contributed by atoms with Gasteiger partial charge in [-0.05, 0) is 70.4 Å². The van der Waals surface area contributed by atoms with Crippen LogP contribution >= 0.6 is 0 Å². The summed E-state index contributed by atoms with van der Waals surface area (Å²) >= 11 is 0. The fraction of sp³-hybridized carbons (Fsp3) is 0.821. The molecule has 1 saturated heterocycles. The van der Waals surface area contributed by atoms with Crippen molar-refractivity contribution < 1.29 is 9.90 Å². The zero-order valence-corrected chi connectivity index (χ0v) is 23.2. The molecule has 0 aromatic carbocycles. The van der Waals surface area contributed by atoms with Crippen molar-refractivity contribution >= 4 is 23.6 Å². The molecule has 0 unspecified atom stereocenters. The van der Waals surface area contributed by atoms with E-state index in [1.165, 1.54) is 64.2 Å². The molecule has 2 heterocycles. The standard InChI is InChI=1S/C28H50N8O2/c29-25-21-26(36-19-17-35(18-20-36)16-12-27(37)38)34-28(33-25)32-15-11-22-7-9-24(10-8-22)31-14-4-13-30-23-5-2-1-3-6-23/h21-24,30-31H,1-20H2,(H,37,38)(H3,29,32,33,34). The van der Waals surface area contributed by atoms with Gasteiger partial charge in [-0.1, -0.05) is 19.3 Å². The minimum absolute atomic E-state index is 0.185. The molecule has 0 amide bonds. The third-order valence-corrected chi connectivity index (χ3v) is 8.58. The lowest BCUT2D eigenvalue weighted by Gasteiger charge is -2.35. The Labute approximate surface area is 228 Å². The molecule has 214 valence electrons. The highest BCUT2D eigenvalue weighted by atomic mass is 16.4. The van der Waals surface area contributed by atoms with Crippen LogP contribution in [0.4, 0.5) is 17.6 Å². The molecule has 10 nitrogen and oxygen atoms in total. The Hall–Kier alpha value is -2.17. The number of hydrogen-bond donors (Lipinski definition) is 5. The maximum Gasteiger partial charge on any atom is 0.304 e. The molecule has 1 aliphatic heterocycles. The van der Waals surface area contributed by atoms with Crippen molar-refractivity contribution in [3.63, 3.8) is 0 Å². The molecule has 3 aliphatic rings. The van der Waals surface area contributed by atoms with Gasteiger partial charge < -0.3 is 31.7 Å². The third-order valence-electron chi connectivity index (χ3n) is 8.58. The molecule has 2 saturated carbocycles. The van der Waals surface area contributed by atoms with Crippen LogP contribution in [0.5, 0.6) is 0 Å². The van der Waals surface area contributed by atoms with Crippen LogP contribution in [0.3, 0.4) is 0 Å². The Morgan fingerprint density at radius 1 is 0.921 bits per heavy atom. The second-order valence-corrected chi connectivity index (χ2v) is 11.5. The summed E-state index contributed by atoms with van der Waals surface area (Å²) < 4.78 is 0. The van der Waals surface area contributed by atoms with E-state index in [-0.39, 0.29) is 6.42 Å². The van der Waals surface area contributed by atoms with Crippen molar-refractivity contribution in [1.29, 1.82) is 0 Å². The van der Waals surface area contributed by atoms with Crippen molar-refractivity contribution in [3.8, 4) is 0 Å². The van der Waals surface area contributed by atoms with E-state index in [1.807, 2.05) is 6.07 Å². The lowest BCUT2D eigenvalue weighted by Crippen LogP contribution is -2.47. The number of aromatic nitrogens is 2. The highest BCUT2D eigenvalue weighted by Gasteiger charge is 2.22. The summed E-state index contributed by atoms with van der Waals surface area (Å²) in [6, 6.07) is 3.28. The predicted molar refractivity (Wildman–Crippen MR) is 154 cm³/mol. The highest BCUT2D eigenvalue weighted by molar-refractivity contribution is 5.66. The van der Waals surface area contributed by atoms with Crippen LogP contribution in [0.2, 0.25) is 0 Å². The average molecular weight is 531 g/mol. The van der Waals surface area contributed by atoms with Gasteiger partial charge in [0.05, 0.1) is 6.42 Å². The van der Waals surface area contributed by atoms with Crippen molar-refractivity contribution in [2.45, 2.75) is 89.1 Å². The van der Waals surface area contributed by atoms with Crippen molar-refractivity contribution in [2.24, 2.45) is 5.92 Å². The number of rotatable bonds is 14. The lowest BCUT2D eigenvalue weighted by atomic mass is 9.84. The molecule has 1 aromatic heterocycles. The Morgan fingerprint density at radius 2 is 1.61 bits per heavy atom. The molecular formula is C28H50N8O2. The number of piperazine rings is 1. The Kier molecular flexibility index (Phi) is 11.7. The summed E-state index contributed by atoms with van der Waals surface area (Å²) in [6.45, 7) is 7.01. The first kappa shape index (κ1) is 28.8. The van der Waals surface area contributed by atoms with E-state index in [0.717, 1.165) is 70.0 Å². The zero-order chi connectivity index (χ0) is 26.6. The van der Waals surface area contributed by atoms with Crippen molar-refractivity contribution in [1.82, 2.24) is 25.5 Å². The first-order chi connectivity index (χ1) is 18.5. The van der Waals surface area contributed by atoms with Gasteiger partial charge in [-0.2, -0.15) is 9.97 Å². The van der Waals surface area contributed by atoms with E-state index in [0.29, 0.717) is 24.4 Å². The third kappa shape index (κ3) is 9.85. The second-order valence-electron chi connectivity index (χ2n) is 11.5. The summed E-state index contributed by atoms with van der Waals surface area (Å²) in [5, 5.41) is 19.9. The van der Waals surface area contributed by atoms with Gasteiger partial charge in [0.1, 0.15) is 11.6 Å². The molecule has 2 aliphatic carbocycles. The van der Waals surface area contributed by atoms with Crippen LogP contribution in [0, 0.1) is 5.92 Å². The summed E-state index contributed by atoms with van der Waals surface area (Å²) in [7, 11) is 0. The smallest absolute Gasteiger partial charge is 0.304 e. The Bertz CT molecular complexity index is 834. The maximum absolute atomic E-state index is 10.8. The molecule has 0 spiro atoms. The summed E-state index contributed by atoms with van der Waals surface area (Å²) in [4.78, 5) is 24.4. The van der Waals surface area contributed by atoms with Gasteiger partial charge in [0.25, 0.3) is 0 Å². The topological polar surface area (TPSA) is 132 Å². The Balaban J connectivity index is 1.08. The van der Waals surface area contributed by atoms with Gasteiger partial charge in [0, 0.05) is 57.4 Å². The van der Waals surface area contributed by atoms with Crippen LogP contribution in [0.25, 0.3) is 0 Å². The molecule has 38 heavy (non-hydrogen) atoms. The predicted octanol–water partition coefficient (Wildman–Crippen LogP) is 2.92. The van der Waals surface area contributed by atoms with E-state index in [4.69, 9.17) is 15.8 Å². The van der Waals surface area contributed by atoms with E-state index in [1.54, 1.807) is 0 Å². The van der Waals surface area contributed by atoms with Crippen LogP contribution in [-0.4, -0.2) is 90.4 Å². The number of hydrogen-bond acceptors (Lipinski definition) is 9. The summed E-state index contributed by atoms with van der Waals surface area (Å²) in [5.74, 6) is 1.94. The van der Waals surface area contributed by atoms with Gasteiger partial charge in [0.2, 0.25) is 5.95 Å². The molecule has 0 bridgehead atoms. The highest BCUT2D eigenvalue weighted by Crippen LogP contribution is 2.27. The number of carboxylic acid groups (broad SMARTS) is 1. The SMILES string of the molecule is Nc1cc(N2CCN(CCC(=O)O)CC2)nc(NCCC2CCC(NCCCNC3CCCCC3)CC2)n1. The minimum atomic E-state index is -0.746. The molecule has 6 N–H and O–H groups in total. The van der Waals surface area contributed by atoms with Crippen molar-refractivity contribution in [2.75, 3.05) is 68.3 Å². The fourth-order valence-corrected chi connectivity index (χ4v) is 6.20. The maximum atomic E-state index is 10.8. The van der Waals surface area contributed by atoms with Crippen LogP contribution < -0.4 is 26.6 Å². The van der Waals surface area contributed by atoms with Crippen molar-refractivity contribution in [3.05, 3.63) is 6.07 Å². The number of aliphatic carboxylic acids is 1. The van der Waals surface area contributed by atoms with Gasteiger partial charge >= 0.3 is 5.97 Å². The van der Waals surface area contributed by atoms with Gasteiger partial charge in [-0.3, -0.25) is 9.69 Å². The molecule has 0 atom stereocenters. The Morgan fingerprint density at radius 3 is 2.29 bits per heavy atom. The molecule has 4 rings (SSSR count). The second kappa shape index (κ2) is 15.4. The van der Waals surface area contributed by atoms with Gasteiger partial charge in [-0.15, -0.1) is 0 Å². The van der Waals surface area contributed by atoms with Crippen LogP contribution in [0.1, 0.15) is 77.0 Å². The quantitative estimate of drug-likeness (QED) is 0.229. The number of carboxylic acids is 1. The van der Waals surface area contributed by atoms with E-state index in [2.05, 4.69) is 30.7 Å². The molecular weight excluding hydrogens is 480 g/mol. The number of nitrogens with one attached hydrogen (secondary N) is 3. The molecule has 10 heteroatoms. The van der Waals surface area contributed by atoms with Gasteiger partial charge in [0.15, 0.2) is 0 Å². The first-order valence-corrected chi connectivity index (χ1v) is 15.1. The van der Waals surface area contributed by atoms with Crippen LogP contribution in [-0.2, 0) is 4.79 Å². The number of nitrogens with zero attached hydrogens (tertiary/aromatic N) is 4. The number of anilines is 3. The largest absolute Gasteiger partial charge is 0.481 e. The molecule has 1 aromatic rings. The monoisotopic (exact) mass is 530 g/mol. The normalized spacial score (nSPS) is 23.4. The molecule has 0 radical (unpaired) electrons. The fourth-order valence-electron chi connectivity index (χ4n) is 6.20. The van der Waals surface area contributed by atoms with E-state index in [9.17, 15) is 4.79 Å². The summed E-state index contributed by atoms with van der Waals surface area (Å²) in [6.07, 6.45) is 14.6. The molecule has 3 fully saturated rings. The van der Waals surface area contributed by atoms with Gasteiger partial charge in [-0.25, -0.2) is 0 Å². The lowest BCUT2D eigenvalue weighted by molar-refractivity contribution is -0.137. The van der Waals surface area contributed by atoms with E-state index >= 15 is 0 Å².